The predicted octanol–water partition coefficient (Wildman–Crippen LogP) is 2.64. The molecule has 0 aliphatic carbocycles. The van der Waals surface area contributed by atoms with Crippen molar-refractivity contribution in [1.29, 1.82) is 0 Å². The van der Waals surface area contributed by atoms with Gasteiger partial charge in [-0.05, 0) is 31.5 Å². The minimum atomic E-state index is -1.14. The van der Waals surface area contributed by atoms with Crippen molar-refractivity contribution in [2.45, 2.75) is 25.9 Å². The lowest BCUT2D eigenvalue weighted by molar-refractivity contribution is -0.136. The van der Waals surface area contributed by atoms with Crippen LogP contribution in [-0.2, 0) is 9.63 Å². The van der Waals surface area contributed by atoms with Crippen LogP contribution in [0.4, 0.5) is 10.2 Å². The van der Waals surface area contributed by atoms with Gasteiger partial charge in [-0.1, -0.05) is 22.4 Å². The third-order valence-electron chi connectivity index (χ3n) is 3.39. The molecular weight excluding hydrogens is 289 g/mol. The summed E-state index contributed by atoms with van der Waals surface area (Å²) < 4.78 is 17.8. The van der Waals surface area contributed by atoms with E-state index < -0.39 is 5.60 Å². The molecule has 1 aliphatic heterocycles. The van der Waals surface area contributed by atoms with Gasteiger partial charge in [0.05, 0.1) is 5.71 Å². The van der Waals surface area contributed by atoms with Crippen molar-refractivity contribution in [2.75, 3.05) is 5.32 Å². The molecule has 0 saturated carbocycles. The summed E-state index contributed by atoms with van der Waals surface area (Å²) in [7, 11) is 0. The zero-order chi connectivity index (χ0) is 15.7. The number of rotatable bonds is 3. The normalized spacial score (nSPS) is 20.4. The first-order valence-corrected chi connectivity index (χ1v) is 6.72. The summed E-state index contributed by atoms with van der Waals surface area (Å²) in [6, 6.07) is 7.49. The molecule has 7 heteroatoms. The van der Waals surface area contributed by atoms with Crippen molar-refractivity contribution in [3.05, 3.63) is 47.5 Å². The summed E-state index contributed by atoms with van der Waals surface area (Å²) >= 11 is 0. The maximum absolute atomic E-state index is 12.9. The second-order valence-corrected chi connectivity index (χ2v) is 5.32. The van der Waals surface area contributed by atoms with E-state index in [1.807, 2.05) is 0 Å². The summed E-state index contributed by atoms with van der Waals surface area (Å²) in [6.07, 6.45) is 0.279. The van der Waals surface area contributed by atoms with Crippen LogP contribution in [0.25, 0.3) is 0 Å². The molecular formula is C15H14FN3O3. The first-order valence-electron chi connectivity index (χ1n) is 6.72. The fraction of sp³-hybridized carbons (Fsp3) is 0.267. The monoisotopic (exact) mass is 303 g/mol. The standard InChI is InChI=1S/C15H14FN3O3/c1-9-7-13(19-21-9)17-14(20)15(2)8-12(18-22-15)10-3-5-11(16)6-4-10/h3-7H,8H2,1-2H3,(H,17,19,20). The third-order valence-corrected chi connectivity index (χ3v) is 3.39. The lowest BCUT2D eigenvalue weighted by Crippen LogP contribution is -2.40. The number of carbonyl (C=O) groups excluding carboxylic acids is 1. The molecule has 1 amide bonds. The maximum Gasteiger partial charge on any atom is 0.272 e. The number of aromatic nitrogens is 1. The second-order valence-electron chi connectivity index (χ2n) is 5.32. The Balaban J connectivity index is 1.71. The Bertz CT molecular complexity index is 739. The van der Waals surface area contributed by atoms with Crippen LogP contribution in [0.3, 0.4) is 0 Å². The van der Waals surface area contributed by atoms with Crippen LogP contribution < -0.4 is 5.32 Å². The molecule has 2 heterocycles. The predicted molar refractivity (Wildman–Crippen MR) is 76.9 cm³/mol. The Morgan fingerprint density at radius 2 is 2.09 bits per heavy atom. The lowest BCUT2D eigenvalue weighted by atomic mass is 9.95. The minimum Gasteiger partial charge on any atom is -0.379 e. The van der Waals surface area contributed by atoms with Crippen LogP contribution in [0.2, 0.25) is 0 Å². The van der Waals surface area contributed by atoms with Crippen molar-refractivity contribution in [1.82, 2.24) is 5.16 Å². The average Bonchev–Trinajstić information content (AvgIpc) is 3.07. The van der Waals surface area contributed by atoms with Gasteiger partial charge in [0.15, 0.2) is 5.82 Å². The second kappa shape index (κ2) is 5.25. The number of anilines is 1. The summed E-state index contributed by atoms with van der Waals surface area (Å²) in [5, 5.41) is 10.3. The van der Waals surface area contributed by atoms with Gasteiger partial charge >= 0.3 is 0 Å². The average molecular weight is 303 g/mol. The third kappa shape index (κ3) is 2.69. The fourth-order valence-electron chi connectivity index (χ4n) is 2.13. The highest BCUT2D eigenvalue weighted by atomic mass is 19.1. The van der Waals surface area contributed by atoms with Gasteiger partial charge in [0.1, 0.15) is 11.6 Å². The minimum absolute atomic E-state index is 0.279. The van der Waals surface area contributed by atoms with Crippen molar-refractivity contribution >= 4 is 17.4 Å². The lowest BCUT2D eigenvalue weighted by Gasteiger charge is -2.19. The van der Waals surface area contributed by atoms with Gasteiger partial charge in [-0.25, -0.2) is 4.39 Å². The molecule has 6 nitrogen and oxygen atoms in total. The number of carbonyl (C=O) groups is 1. The fourth-order valence-corrected chi connectivity index (χ4v) is 2.13. The summed E-state index contributed by atoms with van der Waals surface area (Å²) in [4.78, 5) is 17.6. The molecule has 0 bridgehead atoms. The van der Waals surface area contributed by atoms with Gasteiger partial charge in [-0.15, -0.1) is 0 Å². The number of benzene rings is 1. The van der Waals surface area contributed by atoms with Crippen molar-refractivity contribution in [2.24, 2.45) is 5.16 Å². The SMILES string of the molecule is Cc1cc(NC(=O)C2(C)CC(c3ccc(F)cc3)=NO2)no1. The molecule has 2 aromatic rings. The van der Waals surface area contributed by atoms with Crippen LogP contribution in [0.5, 0.6) is 0 Å². The van der Waals surface area contributed by atoms with Gasteiger partial charge in [-0.3, -0.25) is 4.79 Å². The first-order chi connectivity index (χ1) is 10.5. The Morgan fingerprint density at radius 3 is 2.73 bits per heavy atom. The van der Waals surface area contributed by atoms with Crippen LogP contribution in [-0.4, -0.2) is 22.4 Å². The molecule has 22 heavy (non-hydrogen) atoms. The molecule has 0 spiro atoms. The Hall–Kier alpha value is -2.70. The molecule has 1 aromatic carbocycles. The molecule has 1 unspecified atom stereocenters. The number of aryl methyl sites for hydroxylation is 1. The number of oxime groups is 1. The molecule has 114 valence electrons. The van der Waals surface area contributed by atoms with E-state index in [0.717, 1.165) is 5.56 Å². The zero-order valence-electron chi connectivity index (χ0n) is 12.1. The zero-order valence-corrected chi connectivity index (χ0v) is 12.1. The smallest absolute Gasteiger partial charge is 0.272 e. The number of nitrogens with zero attached hydrogens (tertiary/aromatic N) is 2. The molecule has 0 fully saturated rings. The summed E-state index contributed by atoms with van der Waals surface area (Å²) in [6.45, 7) is 3.36. The molecule has 1 N–H and O–H groups in total. The quantitative estimate of drug-likeness (QED) is 0.945. The Kier molecular flexibility index (Phi) is 3.40. The van der Waals surface area contributed by atoms with Crippen molar-refractivity contribution in [3.63, 3.8) is 0 Å². The van der Waals surface area contributed by atoms with Gasteiger partial charge in [-0.2, -0.15) is 0 Å². The molecule has 1 atom stereocenters. The van der Waals surface area contributed by atoms with Gasteiger partial charge in [0.2, 0.25) is 5.60 Å². The Morgan fingerprint density at radius 1 is 1.36 bits per heavy atom. The van der Waals surface area contributed by atoms with E-state index in [9.17, 15) is 9.18 Å². The number of hydrogen-bond donors (Lipinski definition) is 1. The van der Waals surface area contributed by atoms with Gasteiger partial charge < -0.3 is 14.7 Å². The van der Waals surface area contributed by atoms with Crippen LogP contribution in [0, 0.1) is 12.7 Å². The molecule has 0 saturated heterocycles. The number of halogens is 1. The topological polar surface area (TPSA) is 76.7 Å². The van der Waals surface area contributed by atoms with E-state index in [1.165, 1.54) is 12.1 Å². The Labute approximate surface area is 125 Å². The van der Waals surface area contributed by atoms with Crippen molar-refractivity contribution in [3.8, 4) is 0 Å². The number of nitrogens with one attached hydrogen (secondary N) is 1. The van der Waals surface area contributed by atoms with Crippen LogP contribution in [0.15, 0.2) is 40.0 Å². The van der Waals surface area contributed by atoms with Gasteiger partial charge in [0.25, 0.3) is 5.91 Å². The van der Waals surface area contributed by atoms with Crippen LogP contribution >= 0.6 is 0 Å². The highest BCUT2D eigenvalue weighted by Crippen LogP contribution is 2.28. The number of hydrogen-bond acceptors (Lipinski definition) is 5. The molecule has 0 radical (unpaired) electrons. The maximum atomic E-state index is 12.9. The molecule has 1 aromatic heterocycles. The highest BCUT2D eigenvalue weighted by molar-refractivity contribution is 6.07. The van der Waals surface area contributed by atoms with Gasteiger partial charge in [0, 0.05) is 12.5 Å². The van der Waals surface area contributed by atoms with E-state index in [2.05, 4.69) is 15.6 Å². The van der Waals surface area contributed by atoms with Crippen molar-refractivity contribution < 1.29 is 18.5 Å². The first kappa shape index (κ1) is 14.2. The van der Waals surface area contributed by atoms with E-state index in [0.29, 0.717) is 17.3 Å². The summed E-state index contributed by atoms with van der Waals surface area (Å²) in [5.74, 6) is 0.213. The van der Waals surface area contributed by atoms with E-state index >= 15 is 0 Å². The molecule has 3 rings (SSSR count). The summed E-state index contributed by atoms with van der Waals surface area (Å²) in [5.41, 5.74) is 0.167. The largest absolute Gasteiger partial charge is 0.379 e. The molecule has 1 aliphatic rings. The van der Waals surface area contributed by atoms with E-state index in [-0.39, 0.29) is 18.1 Å². The number of amides is 1. The van der Waals surface area contributed by atoms with Crippen LogP contribution in [0.1, 0.15) is 24.7 Å². The van der Waals surface area contributed by atoms with E-state index in [4.69, 9.17) is 9.36 Å². The highest BCUT2D eigenvalue weighted by Gasteiger charge is 2.42. The van der Waals surface area contributed by atoms with E-state index in [1.54, 1.807) is 32.0 Å².